The number of amides is 2. The second kappa shape index (κ2) is 4.96. The van der Waals surface area contributed by atoms with E-state index in [4.69, 9.17) is 11.6 Å². The Kier molecular flexibility index (Phi) is 3.27. The average Bonchev–Trinajstić information content (AvgIpc) is 2.94. The van der Waals surface area contributed by atoms with Crippen molar-refractivity contribution in [2.24, 2.45) is 0 Å². The van der Waals surface area contributed by atoms with E-state index in [2.05, 4.69) is 10.2 Å². The summed E-state index contributed by atoms with van der Waals surface area (Å²) in [4.78, 5) is 25.7. The second-order valence-corrected chi connectivity index (χ2v) is 6.02. The minimum atomic E-state index is -0.541. The van der Waals surface area contributed by atoms with Crippen LogP contribution in [0, 0.1) is 6.92 Å². The summed E-state index contributed by atoms with van der Waals surface area (Å²) in [6.07, 6.45) is 0.112. The number of aryl methyl sites for hydroxylation is 1. The van der Waals surface area contributed by atoms with Gasteiger partial charge in [0.25, 0.3) is 0 Å². The molecule has 2 aromatic rings. The largest absolute Gasteiger partial charge is 0.274 e. The molecule has 1 aromatic carbocycles. The topological polar surface area (TPSA) is 63.2 Å². The summed E-state index contributed by atoms with van der Waals surface area (Å²) < 4.78 is 0. The first-order chi connectivity index (χ1) is 9.58. The van der Waals surface area contributed by atoms with Gasteiger partial charge in [-0.3, -0.25) is 9.59 Å². The number of benzene rings is 1. The van der Waals surface area contributed by atoms with Crippen LogP contribution < -0.4 is 4.90 Å². The molecule has 2 heterocycles. The van der Waals surface area contributed by atoms with Gasteiger partial charge in [0, 0.05) is 11.4 Å². The molecular formula is C13H10ClN3O2S. The molecular weight excluding hydrogens is 298 g/mol. The lowest BCUT2D eigenvalue weighted by molar-refractivity contribution is -0.121. The Bertz CT molecular complexity index is 700. The number of hydrogen-bond acceptors (Lipinski definition) is 5. The van der Waals surface area contributed by atoms with E-state index < -0.39 is 5.92 Å². The predicted octanol–water partition coefficient (Wildman–Crippen LogP) is 2.55. The van der Waals surface area contributed by atoms with Gasteiger partial charge in [0.05, 0.1) is 5.92 Å². The molecule has 5 nitrogen and oxygen atoms in total. The fraction of sp³-hybridized carbons (Fsp3) is 0.231. The number of halogens is 1. The van der Waals surface area contributed by atoms with Gasteiger partial charge in [0.2, 0.25) is 16.9 Å². The quantitative estimate of drug-likeness (QED) is 0.800. The van der Waals surface area contributed by atoms with E-state index >= 15 is 0 Å². The van der Waals surface area contributed by atoms with Crippen LogP contribution in [0.4, 0.5) is 5.13 Å². The molecule has 7 heteroatoms. The van der Waals surface area contributed by atoms with Crippen molar-refractivity contribution < 1.29 is 9.59 Å². The monoisotopic (exact) mass is 307 g/mol. The Labute approximate surface area is 124 Å². The van der Waals surface area contributed by atoms with Gasteiger partial charge in [-0.15, -0.1) is 10.2 Å². The third-order valence-corrected chi connectivity index (χ3v) is 4.30. The highest BCUT2D eigenvalue weighted by atomic mass is 35.5. The van der Waals surface area contributed by atoms with Crippen molar-refractivity contribution in [1.29, 1.82) is 0 Å². The lowest BCUT2D eigenvalue weighted by Gasteiger charge is -2.11. The zero-order chi connectivity index (χ0) is 14.3. The number of hydrogen-bond donors (Lipinski definition) is 0. The van der Waals surface area contributed by atoms with Gasteiger partial charge in [-0.1, -0.05) is 41.1 Å². The van der Waals surface area contributed by atoms with Gasteiger partial charge in [0.15, 0.2) is 0 Å². The molecule has 1 fully saturated rings. The number of carbonyl (C=O) groups is 2. The molecule has 1 unspecified atom stereocenters. The molecule has 1 atom stereocenters. The maximum Gasteiger partial charge on any atom is 0.243 e. The normalized spacial score (nSPS) is 18.9. The molecule has 0 saturated carbocycles. The standard InChI is InChI=1S/C13H10ClN3O2S/c1-7-15-16-13(20-7)17-11(18)6-9(12(17)19)8-4-2-3-5-10(8)14/h2-5,9H,6H2,1H3. The fourth-order valence-electron chi connectivity index (χ4n) is 2.21. The van der Waals surface area contributed by atoms with Crippen LogP contribution in [0.2, 0.25) is 5.02 Å². The van der Waals surface area contributed by atoms with Crippen molar-refractivity contribution in [2.45, 2.75) is 19.3 Å². The predicted molar refractivity (Wildman–Crippen MR) is 75.9 cm³/mol. The molecule has 0 bridgehead atoms. The average molecular weight is 308 g/mol. The number of nitrogens with zero attached hydrogens (tertiary/aromatic N) is 3. The van der Waals surface area contributed by atoms with E-state index in [0.29, 0.717) is 20.7 Å². The van der Waals surface area contributed by atoms with E-state index in [0.717, 1.165) is 4.90 Å². The maximum atomic E-state index is 12.5. The van der Waals surface area contributed by atoms with Gasteiger partial charge < -0.3 is 0 Å². The molecule has 0 spiro atoms. The van der Waals surface area contributed by atoms with E-state index in [9.17, 15) is 9.59 Å². The van der Waals surface area contributed by atoms with E-state index in [1.165, 1.54) is 11.3 Å². The Hall–Kier alpha value is -1.79. The highest BCUT2D eigenvalue weighted by Gasteiger charge is 2.42. The van der Waals surface area contributed by atoms with Crippen LogP contribution in [-0.4, -0.2) is 22.0 Å². The molecule has 1 aliphatic heterocycles. The maximum absolute atomic E-state index is 12.5. The van der Waals surface area contributed by atoms with Crippen LogP contribution >= 0.6 is 22.9 Å². The van der Waals surface area contributed by atoms with Gasteiger partial charge in [-0.2, -0.15) is 0 Å². The zero-order valence-corrected chi connectivity index (χ0v) is 12.1. The lowest BCUT2D eigenvalue weighted by Crippen LogP contribution is -2.30. The van der Waals surface area contributed by atoms with Gasteiger partial charge in [-0.05, 0) is 18.6 Å². The number of carbonyl (C=O) groups excluding carboxylic acids is 2. The molecule has 1 aliphatic rings. The lowest BCUT2D eigenvalue weighted by atomic mass is 9.98. The summed E-state index contributed by atoms with van der Waals surface area (Å²) in [5.41, 5.74) is 0.677. The second-order valence-electron chi connectivity index (χ2n) is 4.45. The summed E-state index contributed by atoms with van der Waals surface area (Å²) in [6.45, 7) is 1.78. The zero-order valence-electron chi connectivity index (χ0n) is 10.5. The summed E-state index contributed by atoms with van der Waals surface area (Å²) in [6, 6.07) is 7.08. The van der Waals surface area contributed by atoms with Crippen LogP contribution in [0.15, 0.2) is 24.3 Å². The fourth-order valence-corrected chi connectivity index (χ4v) is 3.19. The summed E-state index contributed by atoms with van der Waals surface area (Å²) in [5.74, 6) is -1.10. The first kappa shape index (κ1) is 13.2. The van der Waals surface area contributed by atoms with E-state index in [1.54, 1.807) is 31.2 Å². The van der Waals surface area contributed by atoms with Gasteiger partial charge in [0.1, 0.15) is 5.01 Å². The van der Waals surface area contributed by atoms with Crippen LogP contribution in [0.5, 0.6) is 0 Å². The molecule has 0 aliphatic carbocycles. The Morgan fingerprint density at radius 1 is 1.30 bits per heavy atom. The molecule has 20 heavy (non-hydrogen) atoms. The molecule has 0 N–H and O–H groups in total. The molecule has 1 saturated heterocycles. The molecule has 102 valence electrons. The first-order valence-corrected chi connectivity index (χ1v) is 7.18. The highest BCUT2D eigenvalue weighted by molar-refractivity contribution is 7.15. The van der Waals surface area contributed by atoms with Crippen LogP contribution in [0.25, 0.3) is 0 Å². The van der Waals surface area contributed by atoms with Crippen molar-refractivity contribution >= 4 is 39.9 Å². The Balaban J connectivity index is 1.97. The number of imide groups is 1. The van der Waals surface area contributed by atoms with E-state index in [1.807, 2.05) is 0 Å². The minimum absolute atomic E-state index is 0.112. The van der Waals surface area contributed by atoms with Crippen molar-refractivity contribution in [3.63, 3.8) is 0 Å². The Morgan fingerprint density at radius 3 is 2.70 bits per heavy atom. The Morgan fingerprint density at radius 2 is 2.05 bits per heavy atom. The smallest absolute Gasteiger partial charge is 0.243 e. The third kappa shape index (κ3) is 2.10. The first-order valence-electron chi connectivity index (χ1n) is 5.99. The van der Waals surface area contributed by atoms with E-state index in [-0.39, 0.29) is 18.2 Å². The van der Waals surface area contributed by atoms with Gasteiger partial charge >= 0.3 is 0 Å². The minimum Gasteiger partial charge on any atom is -0.274 e. The van der Waals surface area contributed by atoms with Crippen LogP contribution in [0.3, 0.4) is 0 Å². The molecule has 3 rings (SSSR count). The van der Waals surface area contributed by atoms with Crippen molar-refractivity contribution in [3.05, 3.63) is 39.9 Å². The molecule has 0 radical (unpaired) electrons. The number of rotatable bonds is 2. The number of aromatic nitrogens is 2. The van der Waals surface area contributed by atoms with Crippen molar-refractivity contribution in [3.8, 4) is 0 Å². The summed E-state index contributed by atoms with van der Waals surface area (Å²) >= 11 is 7.33. The molecule has 1 aromatic heterocycles. The SMILES string of the molecule is Cc1nnc(N2C(=O)CC(c3ccccc3Cl)C2=O)s1. The van der Waals surface area contributed by atoms with Gasteiger partial charge in [-0.25, -0.2) is 4.90 Å². The van der Waals surface area contributed by atoms with Crippen LogP contribution in [0.1, 0.15) is 22.9 Å². The summed E-state index contributed by atoms with van der Waals surface area (Å²) in [5, 5.41) is 9.24. The number of anilines is 1. The highest BCUT2D eigenvalue weighted by Crippen LogP contribution is 2.36. The molecule has 2 amide bonds. The van der Waals surface area contributed by atoms with Crippen molar-refractivity contribution in [2.75, 3.05) is 4.90 Å². The van der Waals surface area contributed by atoms with Crippen molar-refractivity contribution in [1.82, 2.24) is 10.2 Å². The van der Waals surface area contributed by atoms with Crippen LogP contribution in [-0.2, 0) is 9.59 Å². The third-order valence-electron chi connectivity index (χ3n) is 3.13. The summed E-state index contributed by atoms with van der Waals surface area (Å²) in [7, 11) is 0.